The smallest absolute Gasteiger partial charge is 0.216 e. The first-order valence-corrected chi connectivity index (χ1v) is 7.12. The third-order valence-corrected chi connectivity index (χ3v) is 3.06. The van der Waals surface area contributed by atoms with Crippen LogP contribution in [0.4, 0.5) is 0 Å². The summed E-state index contributed by atoms with van der Waals surface area (Å²) in [6.45, 7) is 4.10. The summed E-state index contributed by atoms with van der Waals surface area (Å²) < 4.78 is 5.33. The van der Waals surface area contributed by atoms with Crippen LogP contribution in [0.25, 0.3) is 0 Å². The van der Waals surface area contributed by atoms with Gasteiger partial charge in [0.25, 0.3) is 0 Å². The lowest BCUT2D eigenvalue weighted by Gasteiger charge is -2.00. The first-order chi connectivity index (χ1) is 8.33. The highest BCUT2D eigenvalue weighted by atomic mass is 16.4. The average Bonchev–Trinajstić information content (AvgIpc) is 2.73. The fourth-order valence-corrected chi connectivity index (χ4v) is 2.03. The predicted octanol–water partition coefficient (Wildman–Crippen LogP) is 4.45. The molecule has 3 nitrogen and oxygen atoms in total. The molecule has 98 valence electrons. The fourth-order valence-electron chi connectivity index (χ4n) is 2.03. The van der Waals surface area contributed by atoms with E-state index in [1.165, 1.54) is 57.8 Å². The van der Waals surface area contributed by atoms with Gasteiger partial charge in [0.1, 0.15) is 0 Å². The zero-order valence-corrected chi connectivity index (χ0v) is 11.4. The predicted molar refractivity (Wildman–Crippen MR) is 70.0 cm³/mol. The van der Waals surface area contributed by atoms with E-state index in [-0.39, 0.29) is 0 Å². The van der Waals surface area contributed by atoms with Crippen molar-refractivity contribution in [3.8, 4) is 0 Å². The van der Waals surface area contributed by atoms with Gasteiger partial charge in [-0.2, -0.15) is 0 Å². The molecule has 0 spiro atoms. The minimum absolute atomic E-state index is 0.677. The van der Waals surface area contributed by atoms with Gasteiger partial charge in [0, 0.05) is 13.3 Å². The van der Waals surface area contributed by atoms with E-state index in [1.807, 2.05) is 6.92 Å². The number of unbranched alkanes of at least 4 members (excludes halogenated alkanes) is 8. The quantitative estimate of drug-likeness (QED) is 0.565. The van der Waals surface area contributed by atoms with Crippen molar-refractivity contribution in [3.05, 3.63) is 11.8 Å². The zero-order valence-electron chi connectivity index (χ0n) is 11.4. The molecular weight excluding hydrogens is 212 g/mol. The van der Waals surface area contributed by atoms with E-state index in [0.29, 0.717) is 5.89 Å². The van der Waals surface area contributed by atoms with Crippen molar-refractivity contribution in [2.45, 2.75) is 78.1 Å². The SMILES string of the molecule is CCCCCCCCCCCc1nnc(C)o1. The van der Waals surface area contributed by atoms with Gasteiger partial charge in [-0.05, 0) is 6.42 Å². The lowest BCUT2D eigenvalue weighted by Crippen LogP contribution is -1.86. The second-order valence-corrected chi connectivity index (χ2v) is 4.79. The maximum Gasteiger partial charge on any atom is 0.216 e. The van der Waals surface area contributed by atoms with E-state index < -0.39 is 0 Å². The second kappa shape index (κ2) is 9.20. The summed E-state index contributed by atoms with van der Waals surface area (Å²) >= 11 is 0. The van der Waals surface area contributed by atoms with Crippen LogP contribution >= 0.6 is 0 Å². The van der Waals surface area contributed by atoms with Crippen LogP contribution < -0.4 is 0 Å². The number of aromatic nitrogens is 2. The monoisotopic (exact) mass is 238 g/mol. The molecule has 1 heterocycles. The van der Waals surface area contributed by atoms with Crippen LogP contribution in [0.15, 0.2) is 4.42 Å². The van der Waals surface area contributed by atoms with Gasteiger partial charge in [-0.1, -0.05) is 58.3 Å². The molecule has 0 amide bonds. The lowest BCUT2D eigenvalue weighted by atomic mass is 10.1. The summed E-state index contributed by atoms with van der Waals surface area (Å²) in [5.41, 5.74) is 0. The van der Waals surface area contributed by atoms with E-state index in [1.54, 1.807) is 0 Å². The zero-order chi connectivity index (χ0) is 12.3. The van der Waals surface area contributed by atoms with E-state index >= 15 is 0 Å². The van der Waals surface area contributed by atoms with Crippen LogP contribution in [0.5, 0.6) is 0 Å². The summed E-state index contributed by atoms with van der Waals surface area (Å²) in [7, 11) is 0. The summed E-state index contributed by atoms with van der Waals surface area (Å²) in [4.78, 5) is 0. The van der Waals surface area contributed by atoms with Crippen LogP contribution in [0.2, 0.25) is 0 Å². The molecule has 0 radical (unpaired) electrons. The Kier molecular flexibility index (Phi) is 7.69. The molecule has 1 aromatic rings. The molecule has 0 aliphatic carbocycles. The van der Waals surface area contributed by atoms with Crippen LogP contribution in [0, 0.1) is 6.92 Å². The van der Waals surface area contributed by atoms with Gasteiger partial charge in [0.15, 0.2) is 0 Å². The number of nitrogens with zero attached hydrogens (tertiary/aromatic N) is 2. The Bertz CT molecular complexity index is 284. The Hall–Kier alpha value is -0.860. The van der Waals surface area contributed by atoms with Gasteiger partial charge < -0.3 is 4.42 Å². The molecule has 0 saturated heterocycles. The fraction of sp³-hybridized carbons (Fsp3) is 0.857. The molecular formula is C14H26N2O. The number of rotatable bonds is 10. The van der Waals surface area contributed by atoms with E-state index in [2.05, 4.69) is 17.1 Å². The Morgan fingerprint density at radius 2 is 1.41 bits per heavy atom. The first kappa shape index (κ1) is 14.2. The first-order valence-electron chi connectivity index (χ1n) is 7.12. The highest BCUT2D eigenvalue weighted by Crippen LogP contribution is 2.11. The summed E-state index contributed by atoms with van der Waals surface area (Å²) in [5, 5.41) is 7.82. The standard InChI is InChI=1S/C14H26N2O/c1-3-4-5-6-7-8-9-10-11-12-14-16-15-13(2)17-14/h3-12H2,1-2H3. The second-order valence-electron chi connectivity index (χ2n) is 4.79. The normalized spacial score (nSPS) is 10.9. The van der Waals surface area contributed by atoms with Gasteiger partial charge in [0.2, 0.25) is 11.8 Å². The van der Waals surface area contributed by atoms with Crippen molar-refractivity contribution in [1.82, 2.24) is 10.2 Å². The highest BCUT2D eigenvalue weighted by molar-refractivity contribution is 4.78. The Morgan fingerprint density at radius 3 is 1.94 bits per heavy atom. The number of aryl methyl sites for hydroxylation is 2. The van der Waals surface area contributed by atoms with Crippen LogP contribution in [0.1, 0.15) is 76.5 Å². The summed E-state index contributed by atoms with van der Waals surface area (Å²) in [6, 6.07) is 0. The highest BCUT2D eigenvalue weighted by Gasteiger charge is 2.01. The van der Waals surface area contributed by atoms with E-state index in [9.17, 15) is 0 Å². The molecule has 0 fully saturated rings. The van der Waals surface area contributed by atoms with E-state index in [0.717, 1.165) is 12.3 Å². The summed E-state index contributed by atoms with van der Waals surface area (Å²) in [6.07, 6.45) is 13.1. The van der Waals surface area contributed by atoms with Crippen LogP contribution in [0.3, 0.4) is 0 Å². The molecule has 17 heavy (non-hydrogen) atoms. The molecule has 0 aliphatic heterocycles. The third-order valence-electron chi connectivity index (χ3n) is 3.06. The molecule has 0 bridgehead atoms. The van der Waals surface area contributed by atoms with Gasteiger partial charge in [-0.3, -0.25) is 0 Å². The average molecular weight is 238 g/mol. The topological polar surface area (TPSA) is 38.9 Å². The van der Waals surface area contributed by atoms with Gasteiger partial charge in [-0.15, -0.1) is 10.2 Å². The van der Waals surface area contributed by atoms with Crippen molar-refractivity contribution < 1.29 is 4.42 Å². The van der Waals surface area contributed by atoms with E-state index in [4.69, 9.17) is 4.42 Å². The Morgan fingerprint density at radius 1 is 0.824 bits per heavy atom. The molecule has 3 heteroatoms. The molecule has 0 atom stereocenters. The lowest BCUT2D eigenvalue weighted by molar-refractivity contribution is 0.455. The van der Waals surface area contributed by atoms with Gasteiger partial charge >= 0.3 is 0 Å². The Balaban J connectivity index is 1.84. The maximum atomic E-state index is 5.33. The van der Waals surface area contributed by atoms with Gasteiger partial charge in [0.05, 0.1) is 0 Å². The van der Waals surface area contributed by atoms with Crippen molar-refractivity contribution in [3.63, 3.8) is 0 Å². The molecule has 0 unspecified atom stereocenters. The van der Waals surface area contributed by atoms with Crippen molar-refractivity contribution in [2.24, 2.45) is 0 Å². The molecule has 1 rings (SSSR count). The number of hydrogen-bond donors (Lipinski definition) is 0. The van der Waals surface area contributed by atoms with Crippen molar-refractivity contribution >= 4 is 0 Å². The summed E-state index contributed by atoms with van der Waals surface area (Å²) in [5.74, 6) is 1.47. The minimum atomic E-state index is 0.677. The van der Waals surface area contributed by atoms with Crippen molar-refractivity contribution in [2.75, 3.05) is 0 Å². The number of hydrogen-bond acceptors (Lipinski definition) is 3. The minimum Gasteiger partial charge on any atom is -0.426 e. The van der Waals surface area contributed by atoms with Crippen molar-refractivity contribution in [1.29, 1.82) is 0 Å². The molecule has 0 aliphatic rings. The third kappa shape index (κ3) is 7.14. The Labute approximate surface area is 105 Å². The van der Waals surface area contributed by atoms with Crippen LogP contribution in [-0.4, -0.2) is 10.2 Å². The molecule has 0 N–H and O–H groups in total. The molecule has 1 aromatic heterocycles. The van der Waals surface area contributed by atoms with Gasteiger partial charge in [-0.25, -0.2) is 0 Å². The molecule has 0 aromatic carbocycles. The molecule has 0 saturated carbocycles. The van der Waals surface area contributed by atoms with Crippen LogP contribution in [-0.2, 0) is 6.42 Å². The largest absolute Gasteiger partial charge is 0.426 e. The maximum absolute atomic E-state index is 5.33.